The molecule has 3 rings (SSSR count). The number of rotatable bonds is 6. The molecule has 0 aromatic heterocycles. The number of carbonyl (C=O) groups excluding carboxylic acids is 2. The van der Waals surface area contributed by atoms with Gasteiger partial charge in [0.25, 0.3) is 0 Å². The Balaban J connectivity index is 1.74. The van der Waals surface area contributed by atoms with Crippen molar-refractivity contribution in [3.8, 4) is 0 Å². The van der Waals surface area contributed by atoms with Gasteiger partial charge in [0.15, 0.2) is 12.4 Å². The minimum atomic E-state index is -4.16. The number of hydrogen-bond donors (Lipinski definition) is 0. The van der Waals surface area contributed by atoms with Gasteiger partial charge < -0.3 is 9.47 Å². The molecule has 2 aromatic carbocycles. The van der Waals surface area contributed by atoms with Gasteiger partial charge in [0.2, 0.25) is 10.0 Å². The molecule has 0 spiro atoms. The molecule has 0 aliphatic carbocycles. The van der Waals surface area contributed by atoms with E-state index in [-0.39, 0.29) is 47.5 Å². The number of benzene rings is 2. The summed E-state index contributed by atoms with van der Waals surface area (Å²) < 4.78 is 50.8. The summed E-state index contributed by atoms with van der Waals surface area (Å²) in [6, 6.07) is 7.04. The minimum absolute atomic E-state index is 0.0780. The van der Waals surface area contributed by atoms with E-state index < -0.39 is 39.1 Å². The summed E-state index contributed by atoms with van der Waals surface area (Å²) in [6.07, 6.45) is 0. The van der Waals surface area contributed by atoms with Crippen molar-refractivity contribution in [2.45, 2.75) is 4.90 Å². The van der Waals surface area contributed by atoms with Gasteiger partial charge in [-0.05, 0) is 36.4 Å². The Morgan fingerprint density at radius 3 is 2.37 bits per heavy atom. The highest BCUT2D eigenvalue weighted by atomic mass is 35.5. The predicted octanol–water partition coefficient (Wildman–Crippen LogP) is 3.19. The predicted molar refractivity (Wildman–Crippen MR) is 107 cm³/mol. The van der Waals surface area contributed by atoms with Crippen LogP contribution >= 0.6 is 23.2 Å². The first kappa shape index (κ1) is 22.6. The van der Waals surface area contributed by atoms with Crippen LogP contribution in [0.25, 0.3) is 0 Å². The van der Waals surface area contributed by atoms with E-state index in [4.69, 9.17) is 32.7 Å². The zero-order chi connectivity index (χ0) is 21.9. The molecule has 30 heavy (non-hydrogen) atoms. The van der Waals surface area contributed by atoms with Crippen molar-refractivity contribution in [2.75, 3.05) is 32.9 Å². The first-order valence-electron chi connectivity index (χ1n) is 8.73. The normalized spacial score (nSPS) is 15.0. The van der Waals surface area contributed by atoms with Crippen LogP contribution in [0.2, 0.25) is 10.0 Å². The first-order valence-corrected chi connectivity index (χ1v) is 10.9. The van der Waals surface area contributed by atoms with Crippen molar-refractivity contribution in [3.05, 3.63) is 63.4 Å². The maximum Gasteiger partial charge on any atom is 0.338 e. The number of esters is 1. The first-order chi connectivity index (χ1) is 14.2. The lowest BCUT2D eigenvalue weighted by Gasteiger charge is -2.26. The molecule has 1 aliphatic heterocycles. The molecule has 0 unspecified atom stereocenters. The van der Waals surface area contributed by atoms with E-state index in [1.165, 1.54) is 18.2 Å². The number of morpholine rings is 1. The van der Waals surface area contributed by atoms with Crippen LogP contribution in [0.4, 0.5) is 4.39 Å². The maximum absolute atomic E-state index is 14.2. The molecule has 7 nitrogen and oxygen atoms in total. The number of Topliss-reactive ketones (excluding diaryl/α,β-unsaturated/α-hetero) is 1. The third-order valence-corrected chi connectivity index (χ3v) is 6.98. The number of ketones is 1. The fraction of sp³-hybridized carbons (Fsp3) is 0.263. The summed E-state index contributed by atoms with van der Waals surface area (Å²) >= 11 is 11.7. The molecule has 0 N–H and O–H groups in total. The second-order valence-electron chi connectivity index (χ2n) is 6.29. The standard InChI is InChI=1S/C19H16Cl2FNO6S/c20-14-3-1-12(9-15(14)21)17(24)11-29-19(25)13-2-4-16(22)18(10-13)30(26,27)23-5-7-28-8-6-23/h1-4,9-10H,5-8,11H2. The number of ether oxygens (including phenoxy) is 2. The summed E-state index contributed by atoms with van der Waals surface area (Å²) in [5.74, 6) is -2.50. The second kappa shape index (κ2) is 9.40. The van der Waals surface area contributed by atoms with Crippen LogP contribution in [-0.2, 0) is 19.5 Å². The Bertz CT molecular complexity index is 1090. The van der Waals surface area contributed by atoms with Crippen molar-refractivity contribution in [1.82, 2.24) is 4.31 Å². The highest BCUT2D eigenvalue weighted by molar-refractivity contribution is 7.89. The van der Waals surface area contributed by atoms with E-state index in [9.17, 15) is 22.4 Å². The third kappa shape index (κ3) is 4.98. The van der Waals surface area contributed by atoms with Gasteiger partial charge in [-0.2, -0.15) is 4.31 Å². The van der Waals surface area contributed by atoms with Crippen molar-refractivity contribution in [2.24, 2.45) is 0 Å². The number of nitrogens with zero attached hydrogens (tertiary/aromatic N) is 1. The van der Waals surface area contributed by atoms with Gasteiger partial charge in [-0.1, -0.05) is 23.2 Å². The van der Waals surface area contributed by atoms with Crippen LogP contribution < -0.4 is 0 Å². The lowest BCUT2D eigenvalue weighted by molar-refractivity contribution is 0.0474. The number of hydrogen-bond acceptors (Lipinski definition) is 6. The van der Waals surface area contributed by atoms with E-state index in [1.807, 2.05) is 0 Å². The van der Waals surface area contributed by atoms with Gasteiger partial charge in [0, 0.05) is 18.7 Å². The molecule has 0 saturated carbocycles. The monoisotopic (exact) mass is 475 g/mol. The maximum atomic E-state index is 14.2. The summed E-state index contributed by atoms with van der Waals surface area (Å²) in [5, 5.41) is 0.441. The summed E-state index contributed by atoms with van der Waals surface area (Å²) in [7, 11) is -4.16. The lowest BCUT2D eigenvalue weighted by atomic mass is 10.1. The molecular weight excluding hydrogens is 460 g/mol. The van der Waals surface area contributed by atoms with Gasteiger partial charge in [-0.25, -0.2) is 17.6 Å². The molecular formula is C19H16Cl2FNO6S. The van der Waals surface area contributed by atoms with E-state index in [0.717, 1.165) is 22.5 Å². The highest BCUT2D eigenvalue weighted by Gasteiger charge is 2.30. The lowest BCUT2D eigenvalue weighted by Crippen LogP contribution is -2.41. The molecule has 0 bridgehead atoms. The Morgan fingerprint density at radius 1 is 1.03 bits per heavy atom. The quantitative estimate of drug-likeness (QED) is 0.470. The molecule has 1 saturated heterocycles. The smallest absolute Gasteiger partial charge is 0.338 e. The molecule has 0 radical (unpaired) electrons. The van der Waals surface area contributed by atoms with E-state index >= 15 is 0 Å². The summed E-state index contributed by atoms with van der Waals surface area (Å²) in [6.45, 7) is -0.0677. The van der Waals surface area contributed by atoms with Gasteiger partial charge in [-0.15, -0.1) is 0 Å². The van der Waals surface area contributed by atoms with Crippen LogP contribution in [0.3, 0.4) is 0 Å². The molecule has 1 aliphatic rings. The fourth-order valence-electron chi connectivity index (χ4n) is 2.72. The van der Waals surface area contributed by atoms with Crippen LogP contribution in [0, 0.1) is 5.82 Å². The summed E-state index contributed by atoms with van der Waals surface area (Å²) in [5.41, 5.74) is -0.0166. The molecule has 11 heteroatoms. The second-order valence-corrected chi connectivity index (χ2v) is 9.01. The molecule has 160 valence electrons. The average molecular weight is 476 g/mol. The highest BCUT2D eigenvalue weighted by Crippen LogP contribution is 2.24. The van der Waals surface area contributed by atoms with Gasteiger partial charge in [0.05, 0.1) is 28.8 Å². The number of halogens is 3. The largest absolute Gasteiger partial charge is 0.454 e. The molecule has 1 heterocycles. The zero-order valence-corrected chi connectivity index (χ0v) is 17.8. The number of sulfonamides is 1. The Morgan fingerprint density at radius 2 is 1.70 bits per heavy atom. The van der Waals surface area contributed by atoms with Crippen LogP contribution in [-0.4, -0.2) is 57.4 Å². The summed E-state index contributed by atoms with van der Waals surface area (Å²) in [4.78, 5) is 23.8. The van der Waals surface area contributed by atoms with Crippen LogP contribution in [0.5, 0.6) is 0 Å². The molecule has 2 aromatic rings. The topological polar surface area (TPSA) is 90.0 Å². The van der Waals surface area contributed by atoms with Crippen molar-refractivity contribution in [1.29, 1.82) is 0 Å². The third-order valence-electron chi connectivity index (χ3n) is 4.33. The van der Waals surface area contributed by atoms with E-state index in [0.29, 0.717) is 0 Å². The van der Waals surface area contributed by atoms with Gasteiger partial charge in [-0.3, -0.25) is 4.79 Å². The SMILES string of the molecule is O=C(COC(=O)c1ccc(F)c(S(=O)(=O)N2CCOCC2)c1)c1ccc(Cl)c(Cl)c1. The minimum Gasteiger partial charge on any atom is -0.454 e. The molecule has 0 atom stereocenters. The van der Waals surface area contributed by atoms with Gasteiger partial charge >= 0.3 is 5.97 Å². The zero-order valence-electron chi connectivity index (χ0n) is 15.4. The van der Waals surface area contributed by atoms with Crippen molar-refractivity contribution < 1.29 is 31.9 Å². The van der Waals surface area contributed by atoms with E-state index in [2.05, 4.69) is 0 Å². The van der Waals surface area contributed by atoms with Crippen molar-refractivity contribution >= 4 is 45.0 Å². The molecule has 0 amide bonds. The Hall–Kier alpha value is -2.04. The average Bonchev–Trinajstić information content (AvgIpc) is 2.74. The molecule has 1 fully saturated rings. The van der Waals surface area contributed by atoms with E-state index in [1.54, 1.807) is 0 Å². The van der Waals surface area contributed by atoms with Crippen LogP contribution in [0.15, 0.2) is 41.3 Å². The number of carbonyl (C=O) groups is 2. The van der Waals surface area contributed by atoms with Crippen LogP contribution in [0.1, 0.15) is 20.7 Å². The Labute approximate surface area is 182 Å². The van der Waals surface area contributed by atoms with Crippen molar-refractivity contribution in [3.63, 3.8) is 0 Å². The fourth-order valence-corrected chi connectivity index (χ4v) is 4.52. The van der Waals surface area contributed by atoms with Gasteiger partial charge in [0.1, 0.15) is 10.7 Å². The Kier molecular flexibility index (Phi) is 7.10.